The molecule has 4 heteroatoms. The lowest BCUT2D eigenvalue weighted by molar-refractivity contribution is 1.18. The number of thiophene rings is 2. The molecule has 0 fully saturated rings. The van der Waals surface area contributed by atoms with E-state index >= 15 is 0 Å². The predicted octanol–water partition coefficient (Wildman–Crippen LogP) is 14.1. The first-order valence-electron chi connectivity index (χ1n) is 16.9. The van der Waals surface area contributed by atoms with E-state index in [0.717, 1.165) is 17.1 Å². The molecule has 0 unspecified atom stereocenters. The van der Waals surface area contributed by atoms with Crippen molar-refractivity contribution in [1.29, 1.82) is 0 Å². The Balaban J connectivity index is 1.20. The molecule has 0 bridgehead atoms. The van der Waals surface area contributed by atoms with Crippen LogP contribution in [0.25, 0.3) is 78.6 Å². The Morgan fingerprint density at radius 2 is 1.04 bits per heavy atom. The quantitative estimate of drug-likeness (QED) is 0.181. The normalized spacial score (nSPS) is 12.0. The summed E-state index contributed by atoms with van der Waals surface area (Å²) >= 11 is 3.75. The van der Waals surface area contributed by atoms with Gasteiger partial charge in [-0.2, -0.15) is 0 Å². The Labute approximate surface area is 296 Å². The van der Waals surface area contributed by atoms with Crippen molar-refractivity contribution >= 4 is 113 Å². The van der Waals surface area contributed by atoms with Gasteiger partial charge in [0.05, 0.1) is 21.4 Å². The smallest absolute Gasteiger partial charge is 0.0640 e. The van der Waals surface area contributed by atoms with Gasteiger partial charge in [-0.1, -0.05) is 97.1 Å². The number of hydrogen-bond acceptors (Lipinski definition) is 3. The first-order valence-corrected chi connectivity index (χ1v) is 18.6. The van der Waals surface area contributed by atoms with Gasteiger partial charge < -0.3 is 9.47 Å². The van der Waals surface area contributed by atoms with Gasteiger partial charge in [0.1, 0.15) is 0 Å². The van der Waals surface area contributed by atoms with Gasteiger partial charge in [0.15, 0.2) is 0 Å². The molecule has 0 aliphatic rings. The molecule has 0 N–H and O–H groups in total. The highest BCUT2D eigenvalue weighted by Crippen LogP contribution is 2.47. The number of rotatable bonds is 4. The van der Waals surface area contributed by atoms with E-state index in [1.165, 1.54) is 78.6 Å². The molecule has 2 nitrogen and oxygen atoms in total. The number of aromatic nitrogens is 1. The third-order valence-corrected chi connectivity index (χ3v) is 12.5. The molecule has 234 valence electrons. The molecular formula is C46H28N2S2. The third-order valence-electron chi connectivity index (χ3n) is 10.1. The monoisotopic (exact) mass is 672 g/mol. The van der Waals surface area contributed by atoms with Crippen molar-refractivity contribution in [3.8, 4) is 5.69 Å². The maximum atomic E-state index is 2.47. The topological polar surface area (TPSA) is 8.17 Å². The van der Waals surface area contributed by atoms with Gasteiger partial charge in [0.2, 0.25) is 0 Å². The summed E-state index contributed by atoms with van der Waals surface area (Å²) in [5.41, 5.74) is 7.02. The SMILES string of the molecule is c1ccc(-n2c3ccccc3c3ccc(N(c4ccc5cc6sc7ccccc7c6cc5c4)c4cccc5c4sc4ccccc45)cc32)cc1. The van der Waals surface area contributed by atoms with Gasteiger partial charge in [-0.25, -0.2) is 0 Å². The number of para-hydroxylation sites is 2. The van der Waals surface area contributed by atoms with Crippen molar-refractivity contribution in [1.82, 2.24) is 4.57 Å². The van der Waals surface area contributed by atoms with Gasteiger partial charge in [0.25, 0.3) is 0 Å². The maximum absolute atomic E-state index is 2.47. The Morgan fingerprint density at radius 3 is 1.90 bits per heavy atom. The molecule has 11 rings (SSSR count). The van der Waals surface area contributed by atoms with E-state index in [1.54, 1.807) is 0 Å². The first-order chi connectivity index (χ1) is 24.8. The highest BCUT2D eigenvalue weighted by atomic mass is 32.1. The summed E-state index contributed by atoms with van der Waals surface area (Å²) in [5.74, 6) is 0. The molecular weight excluding hydrogens is 645 g/mol. The van der Waals surface area contributed by atoms with Crippen LogP contribution >= 0.6 is 22.7 Å². The van der Waals surface area contributed by atoms with Crippen LogP contribution < -0.4 is 4.90 Å². The van der Waals surface area contributed by atoms with Crippen molar-refractivity contribution < 1.29 is 0 Å². The van der Waals surface area contributed by atoms with Crippen LogP contribution in [-0.4, -0.2) is 4.57 Å². The van der Waals surface area contributed by atoms with Crippen molar-refractivity contribution in [2.75, 3.05) is 4.90 Å². The number of fused-ring (bicyclic) bond motifs is 10. The standard InChI is InChI=1S/C46H28N2S2/c1-2-11-31(12-3-1)48-40-17-7-4-13-34(40)35-24-23-33(28-42(35)48)47(41-18-10-16-38-36-14-5-9-20-44(36)50-46(38)41)32-22-21-29-27-45-39(26-30(29)25-32)37-15-6-8-19-43(37)49-45/h1-28H. The number of benzene rings is 8. The molecule has 3 heterocycles. The van der Waals surface area contributed by atoms with Crippen molar-refractivity contribution in [2.45, 2.75) is 0 Å². The first kappa shape index (κ1) is 28.0. The van der Waals surface area contributed by atoms with Crippen LogP contribution in [0.1, 0.15) is 0 Å². The highest BCUT2D eigenvalue weighted by Gasteiger charge is 2.21. The molecule has 3 aromatic heterocycles. The van der Waals surface area contributed by atoms with Crippen LogP contribution in [0.15, 0.2) is 170 Å². The second-order valence-electron chi connectivity index (χ2n) is 13.0. The van der Waals surface area contributed by atoms with E-state index in [2.05, 4.69) is 179 Å². The molecule has 0 radical (unpaired) electrons. The molecule has 0 saturated heterocycles. The molecule has 8 aromatic carbocycles. The Hall–Kier alpha value is -5.94. The molecule has 0 aliphatic carbocycles. The summed E-state index contributed by atoms with van der Waals surface area (Å²) < 4.78 is 7.66. The van der Waals surface area contributed by atoms with Crippen LogP contribution in [0.2, 0.25) is 0 Å². The largest absolute Gasteiger partial charge is 0.309 e. The van der Waals surface area contributed by atoms with E-state index in [4.69, 9.17) is 0 Å². The van der Waals surface area contributed by atoms with Crippen LogP contribution in [0.5, 0.6) is 0 Å². The fourth-order valence-corrected chi connectivity index (χ4v) is 10.2. The summed E-state index contributed by atoms with van der Waals surface area (Å²) in [4.78, 5) is 2.47. The third kappa shape index (κ3) is 4.13. The molecule has 50 heavy (non-hydrogen) atoms. The highest BCUT2D eigenvalue weighted by molar-refractivity contribution is 7.26. The number of anilines is 3. The lowest BCUT2D eigenvalue weighted by Gasteiger charge is -2.27. The van der Waals surface area contributed by atoms with Gasteiger partial charge in [0, 0.05) is 63.5 Å². The number of nitrogens with zero attached hydrogens (tertiary/aromatic N) is 2. The van der Waals surface area contributed by atoms with Gasteiger partial charge in [-0.3, -0.25) is 0 Å². The summed E-state index contributed by atoms with van der Waals surface area (Å²) in [7, 11) is 0. The van der Waals surface area contributed by atoms with Crippen molar-refractivity contribution in [3.05, 3.63) is 170 Å². The fraction of sp³-hybridized carbons (Fsp3) is 0. The van der Waals surface area contributed by atoms with Gasteiger partial charge in [-0.15, -0.1) is 22.7 Å². The van der Waals surface area contributed by atoms with Gasteiger partial charge in [-0.05, 0) is 83.6 Å². The van der Waals surface area contributed by atoms with Crippen LogP contribution in [0.3, 0.4) is 0 Å². The van der Waals surface area contributed by atoms with Crippen LogP contribution in [0.4, 0.5) is 17.1 Å². The minimum atomic E-state index is 1.13. The maximum Gasteiger partial charge on any atom is 0.0640 e. The van der Waals surface area contributed by atoms with E-state index in [1.807, 2.05) is 22.7 Å². The lowest BCUT2D eigenvalue weighted by Crippen LogP contribution is -2.10. The molecule has 0 aliphatic heterocycles. The van der Waals surface area contributed by atoms with Crippen molar-refractivity contribution in [2.24, 2.45) is 0 Å². The minimum absolute atomic E-state index is 1.13. The summed E-state index contributed by atoms with van der Waals surface area (Å²) in [6.45, 7) is 0. The van der Waals surface area contributed by atoms with Crippen molar-refractivity contribution in [3.63, 3.8) is 0 Å². The fourth-order valence-electron chi connectivity index (χ4n) is 7.88. The molecule has 11 aromatic rings. The molecule has 0 saturated carbocycles. The lowest BCUT2D eigenvalue weighted by atomic mass is 10.0. The Bertz CT molecular complexity index is 3110. The summed E-state index contributed by atoms with van der Waals surface area (Å²) in [5, 5.41) is 10.2. The average Bonchev–Trinajstić information content (AvgIpc) is 3.84. The molecule has 0 spiro atoms. The predicted molar refractivity (Wildman–Crippen MR) is 219 cm³/mol. The van der Waals surface area contributed by atoms with E-state index < -0.39 is 0 Å². The van der Waals surface area contributed by atoms with E-state index in [0.29, 0.717) is 0 Å². The summed E-state index contributed by atoms with van der Waals surface area (Å²) in [6.07, 6.45) is 0. The zero-order chi connectivity index (χ0) is 32.8. The van der Waals surface area contributed by atoms with Gasteiger partial charge >= 0.3 is 0 Å². The second kappa shape index (κ2) is 10.8. The summed E-state index contributed by atoms with van der Waals surface area (Å²) in [6, 6.07) is 62.5. The minimum Gasteiger partial charge on any atom is -0.309 e. The number of hydrogen-bond donors (Lipinski definition) is 0. The molecule has 0 amide bonds. The van der Waals surface area contributed by atoms with E-state index in [9.17, 15) is 0 Å². The Morgan fingerprint density at radius 1 is 0.380 bits per heavy atom. The zero-order valence-electron chi connectivity index (χ0n) is 26.9. The second-order valence-corrected chi connectivity index (χ2v) is 15.1. The Kier molecular flexibility index (Phi) is 6.03. The molecule has 0 atom stereocenters. The average molecular weight is 673 g/mol. The zero-order valence-corrected chi connectivity index (χ0v) is 28.5. The van der Waals surface area contributed by atoms with Crippen LogP contribution in [-0.2, 0) is 0 Å². The van der Waals surface area contributed by atoms with Crippen LogP contribution in [0, 0.1) is 0 Å². The van der Waals surface area contributed by atoms with E-state index in [-0.39, 0.29) is 0 Å².